The van der Waals surface area contributed by atoms with Gasteiger partial charge in [0, 0.05) is 42.6 Å². The lowest BCUT2D eigenvalue weighted by Crippen LogP contribution is -2.40. The van der Waals surface area contributed by atoms with Crippen molar-refractivity contribution in [3.05, 3.63) is 54.6 Å². The van der Waals surface area contributed by atoms with Gasteiger partial charge in [0.1, 0.15) is 0 Å². The summed E-state index contributed by atoms with van der Waals surface area (Å²) in [7, 11) is 0. The normalized spacial score (nSPS) is 14.5. The van der Waals surface area contributed by atoms with Crippen molar-refractivity contribution in [3.63, 3.8) is 0 Å². The minimum atomic E-state index is -0.267. The van der Waals surface area contributed by atoms with E-state index in [0.717, 1.165) is 43.0 Å². The molecule has 3 amide bonds. The van der Waals surface area contributed by atoms with Crippen LogP contribution in [0.25, 0.3) is 0 Å². The van der Waals surface area contributed by atoms with Crippen molar-refractivity contribution in [2.24, 2.45) is 5.92 Å². The van der Waals surface area contributed by atoms with Gasteiger partial charge in [0.15, 0.2) is 0 Å². The minimum absolute atomic E-state index is 0.115. The average molecular weight is 366 g/mol. The zero-order chi connectivity index (χ0) is 19.1. The van der Waals surface area contributed by atoms with E-state index >= 15 is 0 Å². The van der Waals surface area contributed by atoms with E-state index in [1.54, 1.807) is 0 Å². The predicted molar refractivity (Wildman–Crippen MR) is 109 cm³/mol. The number of urea groups is 1. The van der Waals surface area contributed by atoms with Crippen LogP contribution < -0.4 is 20.9 Å². The fourth-order valence-electron chi connectivity index (χ4n) is 3.29. The number of amides is 3. The van der Waals surface area contributed by atoms with Crippen molar-refractivity contribution in [3.8, 4) is 0 Å². The summed E-state index contributed by atoms with van der Waals surface area (Å²) in [6.07, 6.45) is 1.73. The largest absolute Gasteiger partial charge is 0.371 e. The Morgan fingerprint density at radius 1 is 0.926 bits per heavy atom. The molecule has 6 nitrogen and oxygen atoms in total. The number of carbonyl (C=O) groups is 2. The van der Waals surface area contributed by atoms with Crippen LogP contribution in [0.3, 0.4) is 0 Å². The van der Waals surface area contributed by atoms with E-state index in [2.05, 4.69) is 20.9 Å². The minimum Gasteiger partial charge on any atom is -0.371 e. The Labute approximate surface area is 159 Å². The van der Waals surface area contributed by atoms with Gasteiger partial charge in [-0.25, -0.2) is 4.79 Å². The van der Waals surface area contributed by atoms with Crippen LogP contribution in [0, 0.1) is 5.92 Å². The number of para-hydroxylation sites is 1. The van der Waals surface area contributed by atoms with Crippen molar-refractivity contribution in [1.82, 2.24) is 5.32 Å². The molecule has 1 aliphatic rings. The maximum atomic E-state index is 12.1. The third-order valence-corrected chi connectivity index (χ3v) is 4.74. The van der Waals surface area contributed by atoms with E-state index in [4.69, 9.17) is 0 Å². The summed E-state index contributed by atoms with van der Waals surface area (Å²) in [5, 5.41) is 8.54. The summed E-state index contributed by atoms with van der Waals surface area (Å²) in [5.41, 5.74) is 2.60. The van der Waals surface area contributed by atoms with Crippen LogP contribution >= 0.6 is 0 Å². The van der Waals surface area contributed by atoms with Gasteiger partial charge in [-0.1, -0.05) is 18.2 Å². The molecule has 0 spiro atoms. The molecular formula is C21H26N4O2. The Hall–Kier alpha value is -3.02. The summed E-state index contributed by atoms with van der Waals surface area (Å²) in [5.74, 6) is 0.282. The summed E-state index contributed by atoms with van der Waals surface area (Å²) in [6.45, 7) is 4.36. The van der Waals surface area contributed by atoms with Gasteiger partial charge in [-0.15, -0.1) is 0 Å². The van der Waals surface area contributed by atoms with Crippen LogP contribution in [-0.4, -0.2) is 31.6 Å². The molecule has 27 heavy (non-hydrogen) atoms. The van der Waals surface area contributed by atoms with E-state index in [0.29, 0.717) is 6.54 Å². The second-order valence-corrected chi connectivity index (χ2v) is 6.65. The Morgan fingerprint density at radius 3 is 2.11 bits per heavy atom. The Kier molecular flexibility index (Phi) is 6.30. The second-order valence-electron chi connectivity index (χ2n) is 6.65. The Bertz CT molecular complexity index is 754. The van der Waals surface area contributed by atoms with Crippen molar-refractivity contribution in [2.45, 2.75) is 19.8 Å². The second kappa shape index (κ2) is 9.07. The zero-order valence-electron chi connectivity index (χ0n) is 15.6. The lowest BCUT2D eigenvalue weighted by molar-refractivity contribution is -0.125. The fraction of sp³-hybridized carbons (Fsp3) is 0.333. The van der Waals surface area contributed by atoms with Crippen LogP contribution in [0.2, 0.25) is 0 Å². The number of piperidine rings is 1. The van der Waals surface area contributed by atoms with Crippen LogP contribution in [0.1, 0.15) is 19.8 Å². The van der Waals surface area contributed by atoms with Crippen molar-refractivity contribution < 1.29 is 9.59 Å². The molecule has 1 aliphatic heterocycles. The third kappa shape index (κ3) is 5.23. The third-order valence-electron chi connectivity index (χ3n) is 4.74. The van der Waals surface area contributed by atoms with Gasteiger partial charge in [0.25, 0.3) is 0 Å². The molecule has 0 unspecified atom stereocenters. The molecule has 0 atom stereocenters. The first-order valence-electron chi connectivity index (χ1n) is 9.41. The molecule has 3 N–H and O–H groups in total. The van der Waals surface area contributed by atoms with Gasteiger partial charge in [0.2, 0.25) is 5.91 Å². The van der Waals surface area contributed by atoms with Crippen LogP contribution in [0.15, 0.2) is 54.6 Å². The molecule has 0 saturated carbocycles. The molecule has 1 saturated heterocycles. The fourth-order valence-corrected chi connectivity index (χ4v) is 3.29. The van der Waals surface area contributed by atoms with E-state index in [1.165, 1.54) is 0 Å². The quantitative estimate of drug-likeness (QED) is 0.756. The first kappa shape index (κ1) is 18.8. The number of nitrogens with zero attached hydrogens (tertiary/aromatic N) is 1. The molecule has 1 fully saturated rings. The monoisotopic (exact) mass is 366 g/mol. The number of carbonyl (C=O) groups excluding carboxylic acids is 2. The van der Waals surface area contributed by atoms with E-state index in [1.807, 2.05) is 61.5 Å². The SMILES string of the molecule is CCNC(=O)C1CCN(c2ccc(NC(=O)Nc3ccccc3)cc2)CC1. The molecule has 0 aliphatic carbocycles. The smallest absolute Gasteiger partial charge is 0.323 e. The Morgan fingerprint density at radius 2 is 1.52 bits per heavy atom. The highest BCUT2D eigenvalue weighted by molar-refractivity contribution is 5.99. The van der Waals surface area contributed by atoms with E-state index in [9.17, 15) is 9.59 Å². The van der Waals surface area contributed by atoms with Gasteiger partial charge < -0.3 is 20.9 Å². The van der Waals surface area contributed by atoms with Crippen molar-refractivity contribution in [1.29, 1.82) is 0 Å². The maximum Gasteiger partial charge on any atom is 0.323 e. The molecule has 0 bridgehead atoms. The zero-order valence-corrected chi connectivity index (χ0v) is 15.6. The van der Waals surface area contributed by atoms with Gasteiger partial charge >= 0.3 is 6.03 Å². The number of nitrogens with one attached hydrogen (secondary N) is 3. The maximum absolute atomic E-state index is 12.1. The van der Waals surface area contributed by atoms with E-state index < -0.39 is 0 Å². The topological polar surface area (TPSA) is 73.5 Å². The van der Waals surface area contributed by atoms with Crippen molar-refractivity contribution >= 4 is 29.0 Å². The van der Waals surface area contributed by atoms with Gasteiger partial charge in [-0.05, 0) is 56.2 Å². The predicted octanol–water partition coefficient (Wildman–Crippen LogP) is 3.68. The highest BCUT2D eigenvalue weighted by Crippen LogP contribution is 2.25. The first-order valence-corrected chi connectivity index (χ1v) is 9.41. The van der Waals surface area contributed by atoms with Gasteiger partial charge in [-0.2, -0.15) is 0 Å². The summed E-state index contributed by atoms with van der Waals surface area (Å²) >= 11 is 0. The number of rotatable bonds is 5. The summed E-state index contributed by atoms with van der Waals surface area (Å²) in [4.78, 5) is 26.3. The number of benzene rings is 2. The van der Waals surface area contributed by atoms with Crippen molar-refractivity contribution in [2.75, 3.05) is 35.2 Å². The van der Waals surface area contributed by atoms with Crippen LogP contribution in [0.5, 0.6) is 0 Å². The number of hydrogen-bond donors (Lipinski definition) is 3. The van der Waals surface area contributed by atoms with Gasteiger partial charge in [0.05, 0.1) is 0 Å². The molecule has 1 heterocycles. The molecule has 6 heteroatoms. The first-order chi connectivity index (χ1) is 13.2. The molecule has 2 aromatic rings. The molecule has 0 aromatic heterocycles. The Balaban J connectivity index is 1.50. The average Bonchev–Trinajstić information content (AvgIpc) is 2.69. The van der Waals surface area contributed by atoms with Crippen LogP contribution in [-0.2, 0) is 4.79 Å². The molecule has 2 aromatic carbocycles. The van der Waals surface area contributed by atoms with E-state index in [-0.39, 0.29) is 17.9 Å². The lowest BCUT2D eigenvalue weighted by atomic mass is 9.95. The number of hydrogen-bond acceptors (Lipinski definition) is 3. The molecule has 142 valence electrons. The molecule has 0 radical (unpaired) electrons. The van der Waals surface area contributed by atoms with Gasteiger partial charge in [-0.3, -0.25) is 4.79 Å². The highest BCUT2D eigenvalue weighted by Gasteiger charge is 2.24. The molecular weight excluding hydrogens is 340 g/mol. The lowest BCUT2D eigenvalue weighted by Gasteiger charge is -2.33. The molecule has 3 rings (SSSR count). The highest BCUT2D eigenvalue weighted by atomic mass is 16.2. The standard InChI is InChI=1S/C21H26N4O2/c1-2-22-20(26)16-12-14-25(15-13-16)19-10-8-18(9-11-19)24-21(27)23-17-6-4-3-5-7-17/h3-11,16H,2,12-15H2,1H3,(H,22,26)(H2,23,24,27). The summed E-state index contributed by atoms with van der Waals surface area (Å²) in [6, 6.07) is 16.9. The van der Waals surface area contributed by atoms with Crippen LogP contribution in [0.4, 0.5) is 21.9 Å². The summed E-state index contributed by atoms with van der Waals surface area (Å²) < 4.78 is 0. The number of anilines is 3.